The fourth-order valence-corrected chi connectivity index (χ4v) is 2.59. The van der Waals surface area contributed by atoms with E-state index in [1.807, 2.05) is 31.2 Å². The van der Waals surface area contributed by atoms with Crippen LogP contribution in [0.3, 0.4) is 0 Å². The lowest BCUT2D eigenvalue weighted by atomic mass is 10.00. The maximum Gasteiger partial charge on any atom is 0.322 e. The Balaban J connectivity index is 2.00. The molecule has 2 rings (SSSR count). The number of esters is 1. The molecule has 5 heteroatoms. The van der Waals surface area contributed by atoms with Gasteiger partial charge in [0.15, 0.2) is 0 Å². The molecule has 1 N–H and O–H groups in total. The Hall–Kier alpha value is -2.04. The molecule has 0 spiro atoms. The van der Waals surface area contributed by atoms with E-state index >= 15 is 0 Å². The molecule has 1 aromatic rings. The van der Waals surface area contributed by atoms with Gasteiger partial charge < -0.3 is 15.0 Å². The summed E-state index contributed by atoms with van der Waals surface area (Å²) in [5.74, 6) is -0.268. The van der Waals surface area contributed by atoms with Crippen molar-refractivity contribution in [2.75, 3.05) is 19.0 Å². The highest BCUT2D eigenvalue weighted by Crippen LogP contribution is 2.21. The highest BCUT2D eigenvalue weighted by atomic mass is 16.5. The van der Waals surface area contributed by atoms with Crippen LogP contribution >= 0.6 is 0 Å². The molecule has 1 fully saturated rings. The summed E-state index contributed by atoms with van der Waals surface area (Å²) in [5.41, 5.74) is 1.92. The Morgan fingerprint density at radius 2 is 2.00 bits per heavy atom. The van der Waals surface area contributed by atoms with E-state index < -0.39 is 0 Å². The van der Waals surface area contributed by atoms with Crippen molar-refractivity contribution in [2.45, 2.75) is 38.6 Å². The van der Waals surface area contributed by atoms with E-state index in [-0.39, 0.29) is 24.5 Å². The van der Waals surface area contributed by atoms with Gasteiger partial charge >= 0.3 is 12.0 Å². The quantitative estimate of drug-likeness (QED) is 0.871. The molecule has 1 atom stereocenters. The van der Waals surface area contributed by atoms with Crippen LogP contribution in [0.4, 0.5) is 10.5 Å². The first-order valence-corrected chi connectivity index (χ1v) is 7.31. The number of benzene rings is 1. The summed E-state index contributed by atoms with van der Waals surface area (Å²) < 4.78 is 4.72. The van der Waals surface area contributed by atoms with E-state index in [1.165, 1.54) is 7.11 Å². The van der Waals surface area contributed by atoms with Crippen molar-refractivity contribution in [3.63, 3.8) is 0 Å². The largest absolute Gasteiger partial charge is 0.469 e. The number of aryl methyl sites for hydroxylation is 1. The zero-order chi connectivity index (χ0) is 15.2. The van der Waals surface area contributed by atoms with Crippen LogP contribution in [0.25, 0.3) is 0 Å². The number of nitrogens with one attached hydrogen (secondary N) is 1. The molecule has 0 saturated carbocycles. The first-order valence-electron chi connectivity index (χ1n) is 7.31. The van der Waals surface area contributed by atoms with E-state index in [1.54, 1.807) is 4.90 Å². The Morgan fingerprint density at radius 1 is 1.29 bits per heavy atom. The lowest BCUT2D eigenvalue weighted by molar-refractivity contribution is -0.142. The summed E-state index contributed by atoms with van der Waals surface area (Å²) in [6.45, 7) is 2.68. The van der Waals surface area contributed by atoms with Crippen LogP contribution in [0.1, 0.15) is 31.2 Å². The second-order valence-electron chi connectivity index (χ2n) is 5.42. The molecule has 1 heterocycles. The molecule has 0 radical (unpaired) electrons. The average molecular weight is 290 g/mol. The SMILES string of the molecule is COC(=O)CC1CCCCN1C(=O)Nc1ccc(C)cc1. The molecule has 114 valence electrons. The highest BCUT2D eigenvalue weighted by Gasteiger charge is 2.28. The molecule has 2 amide bonds. The lowest BCUT2D eigenvalue weighted by Gasteiger charge is -2.35. The number of methoxy groups -OCH3 is 1. The Morgan fingerprint density at radius 3 is 2.67 bits per heavy atom. The number of urea groups is 1. The van der Waals surface area contributed by atoms with Gasteiger partial charge in [0.2, 0.25) is 0 Å². The molecule has 0 bridgehead atoms. The third-order valence-electron chi connectivity index (χ3n) is 3.82. The van der Waals surface area contributed by atoms with Crippen molar-refractivity contribution >= 4 is 17.7 Å². The van der Waals surface area contributed by atoms with Gasteiger partial charge in [-0.25, -0.2) is 4.79 Å². The average Bonchev–Trinajstić information content (AvgIpc) is 2.50. The van der Waals surface area contributed by atoms with Gasteiger partial charge in [0, 0.05) is 18.3 Å². The van der Waals surface area contributed by atoms with E-state index in [2.05, 4.69) is 5.32 Å². The smallest absolute Gasteiger partial charge is 0.322 e. The lowest BCUT2D eigenvalue weighted by Crippen LogP contribution is -2.46. The van der Waals surface area contributed by atoms with Gasteiger partial charge in [-0.05, 0) is 38.3 Å². The van der Waals surface area contributed by atoms with Gasteiger partial charge in [0.05, 0.1) is 13.5 Å². The number of piperidine rings is 1. The number of rotatable bonds is 3. The monoisotopic (exact) mass is 290 g/mol. The molecule has 5 nitrogen and oxygen atoms in total. The van der Waals surface area contributed by atoms with E-state index in [0.717, 1.165) is 30.5 Å². The predicted molar refractivity (Wildman–Crippen MR) is 81.2 cm³/mol. The fourth-order valence-electron chi connectivity index (χ4n) is 2.59. The van der Waals surface area contributed by atoms with Crippen LogP contribution in [0.2, 0.25) is 0 Å². The molecular weight excluding hydrogens is 268 g/mol. The molecule has 1 saturated heterocycles. The van der Waals surface area contributed by atoms with Gasteiger partial charge in [0.1, 0.15) is 0 Å². The molecule has 0 aromatic heterocycles. The molecule has 1 aliphatic heterocycles. The van der Waals surface area contributed by atoms with Crippen LogP contribution in [-0.4, -0.2) is 36.6 Å². The number of amides is 2. The minimum Gasteiger partial charge on any atom is -0.469 e. The summed E-state index contributed by atoms with van der Waals surface area (Å²) in [6.07, 6.45) is 3.11. The molecule has 0 aliphatic carbocycles. The van der Waals surface area contributed by atoms with Gasteiger partial charge in [-0.2, -0.15) is 0 Å². The Bertz CT molecular complexity index is 499. The Labute approximate surface area is 125 Å². The number of anilines is 1. The van der Waals surface area contributed by atoms with Gasteiger partial charge in [-0.15, -0.1) is 0 Å². The number of likely N-dealkylation sites (tertiary alicyclic amines) is 1. The molecule has 1 unspecified atom stereocenters. The summed E-state index contributed by atoms with van der Waals surface area (Å²) in [4.78, 5) is 25.6. The normalized spacial score (nSPS) is 18.2. The van der Waals surface area contributed by atoms with Crippen LogP contribution in [-0.2, 0) is 9.53 Å². The van der Waals surface area contributed by atoms with Crippen LogP contribution in [0.5, 0.6) is 0 Å². The highest BCUT2D eigenvalue weighted by molar-refractivity contribution is 5.90. The fraction of sp³-hybridized carbons (Fsp3) is 0.500. The molecule has 21 heavy (non-hydrogen) atoms. The number of carbonyl (C=O) groups excluding carboxylic acids is 2. The summed E-state index contributed by atoms with van der Waals surface area (Å²) >= 11 is 0. The summed E-state index contributed by atoms with van der Waals surface area (Å²) in [7, 11) is 1.38. The topological polar surface area (TPSA) is 58.6 Å². The van der Waals surface area contributed by atoms with Gasteiger partial charge in [0.25, 0.3) is 0 Å². The zero-order valence-corrected chi connectivity index (χ0v) is 12.6. The summed E-state index contributed by atoms with van der Waals surface area (Å²) in [6, 6.07) is 7.46. The van der Waals surface area contributed by atoms with Crippen LogP contribution in [0, 0.1) is 6.92 Å². The second kappa shape index (κ2) is 7.11. The van der Waals surface area contributed by atoms with Crippen molar-refractivity contribution in [1.82, 2.24) is 4.90 Å². The summed E-state index contributed by atoms with van der Waals surface area (Å²) in [5, 5.41) is 2.89. The number of hydrogen-bond acceptors (Lipinski definition) is 3. The molecule has 1 aliphatic rings. The molecular formula is C16H22N2O3. The molecule has 1 aromatic carbocycles. The van der Waals surface area contributed by atoms with Crippen LogP contribution < -0.4 is 5.32 Å². The van der Waals surface area contributed by atoms with Crippen molar-refractivity contribution < 1.29 is 14.3 Å². The number of hydrogen-bond donors (Lipinski definition) is 1. The number of nitrogens with zero attached hydrogens (tertiary/aromatic N) is 1. The van der Waals surface area contributed by atoms with Crippen molar-refractivity contribution in [1.29, 1.82) is 0 Å². The van der Waals surface area contributed by atoms with Crippen molar-refractivity contribution in [3.05, 3.63) is 29.8 Å². The van der Waals surface area contributed by atoms with Crippen LogP contribution in [0.15, 0.2) is 24.3 Å². The van der Waals surface area contributed by atoms with Gasteiger partial charge in [-0.1, -0.05) is 17.7 Å². The number of carbonyl (C=O) groups is 2. The maximum absolute atomic E-state index is 12.4. The second-order valence-corrected chi connectivity index (χ2v) is 5.42. The minimum atomic E-state index is -0.268. The minimum absolute atomic E-state index is 0.0725. The first kappa shape index (κ1) is 15.4. The van der Waals surface area contributed by atoms with Crippen molar-refractivity contribution in [2.24, 2.45) is 0 Å². The predicted octanol–water partition coefficient (Wildman–Crippen LogP) is 2.94. The van der Waals surface area contributed by atoms with Gasteiger partial charge in [-0.3, -0.25) is 4.79 Å². The first-order chi connectivity index (χ1) is 10.1. The van der Waals surface area contributed by atoms with Crippen molar-refractivity contribution in [3.8, 4) is 0 Å². The standard InChI is InChI=1S/C16H22N2O3/c1-12-6-8-13(9-7-12)17-16(20)18-10-4-3-5-14(18)11-15(19)21-2/h6-9,14H,3-5,10-11H2,1-2H3,(H,17,20). The Kier molecular flexibility index (Phi) is 5.20. The van der Waals surface area contributed by atoms with E-state index in [4.69, 9.17) is 4.74 Å². The third kappa shape index (κ3) is 4.21. The maximum atomic E-state index is 12.4. The van der Waals surface area contributed by atoms with E-state index in [9.17, 15) is 9.59 Å². The van der Waals surface area contributed by atoms with E-state index in [0.29, 0.717) is 6.54 Å². The zero-order valence-electron chi connectivity index (χ0n) is 12.6. The number of ether oxygens (including phenoxy) is 1. The third-order valence-corrected chi connectivity index (χ3v) is 3.82.